The molecule has 1 aromatic carbocycles. The van der Waals surface area contributed by atoms with Crippen molar-refractivity contribution in [2.75, 3.05) is 46.9 Å². The van der Waals surface area contributed by atoms with Crippen LogP contribution in [0.3, 0.4) is 0 Å². The molecule has 16 heteroatoms. The van der Waals surface area contributed by atoms with Crippen molar-refractivity contribution < 1.29 is 39.3 Å². The molecule has 0 bridgehead atoms. The highest BCUT2D eigenvalue weighted by molar-refractivity contribution is 6.32. The SMILES string of the molecule is CN(C)C1C(=O)C(C(=O)NCN2CCN(C(=N)N=C(N)N)CC2)C(=O)C2(O)C(=O)C3C(=O)c4c(O)cccc4C(C)(O)C3CC12. The van der Waals surface area contributed by atoms with E-state index >= 15 is 0 Å². The number of nitrogens with two attached hydrogens (primary N) is 2. The molecule has 0 radical (unpaired) electrons. The van der Waals surface area contributed by atoms with Crippen LogP contribution in [0.1, 0.15) is 29.3 Å². The van der Waals surface area contributed by atoms with Crippen LogP contribution in [-0.4, -0.2) is 130 Å². The first-order valence-electron chi connectivity index (χ1n) is 14.6. The number of phenolic OH excluding ortho intramolecular Hbond substituents is 1. The Bertz CT molecular complexity index is 1510. The summed E-state index contributed by atoms with van der Waals surface area (Å²) in [5.41, 5.74) is 5.79. The number of amides is 1. The standard InChI is InChI=1S/C29H38N8O8/c1-28(44)13-5-4-6-16(38)17(13)21(39)18-14(28)11-15-20(35(2)3)22(40)19(24(42)29(15,45)23(18)41)25(43)33-12-36-7-9-37(10-8-36)27(32)34-26(30)31/h4-6,14-15,18-20,38,44-45H,7-12H2,1-3H3,(H,33,43)(H5,30,31,32,34). The van der Waals surface area contributed by atoms with E-state index in [0.29, 0.717) is 26.2 Å². The van der Waals surface area contributed by atoms with Gasteiger partial charge in [0.1, 0.15) is 5.75 Å². The molecule has 3 aliphatic carbocycles. The van der Waals surface area contributed by atoms with Gasteiger partial charge < -0.3 is 37.0 Å². The Kier molecular flexibility index (Phi) is 8.06. The molecular weight excluding hydrogens is 588 g/mol. The number of aliphatic hydroxyl groups is 2. The fourth-order valence-electron chi connectivity index (χ4n) is 7.46. The smallest absolute Gasteiger partial charge is 0.239 e. The first kappa shape index (κ1) is 32.2. The zero-order valence-corrected chi connectivity index (χ0v) is 25.2. The summed E-state index contributed by atoms with van der Waals surface area (Å²) in [5.74, 6) is -12.2. The third-order valence-corrected chi connectivity index (χ3v) is 9.74. The molecule has 3 fully saturated rings. The van der Waals surface area contributed by atoms with Crippen LogP contribution >= 0.6 is 0 Å². The molecule has 2 saturated carbocycles. The number of carbonyl (C=O) groups excluding carboxylic acids is 5. The predicted octanol–water partition coefficient (Wildman–Crippen LogP) is -3.05. The minimum absolute atomic E-state index is 0.0656. The van der Waals surface area contributed by atoms with Crippen molar-refractivity contribution in [1.82, 2.24) is 20.0 Å². The number of Topliss-reactive ketones (excluding diaryl/α,β-unsaturated/α-hetero) is 4. The number of piperazine rings is 1. The predicted molar refractivity (Wildman–Crippen MR) is 158 cm³/mol. The van der Waals surface area contributed by atoms with Crippen molar-refractivity contribution in [1.29, 1.82) is 5.41 Å². The lowest BCUT2D eigenvalue weighted by Crippen LogP contribution is -2.75. The fourth-order valence-corrected chi connectivity index (χ4v) is 7.46. The zero-order chi connectivity index (χ0) is 33.2. The topological polar surface area (TPSA) is 256 Å². The average molecular weight is 627 g/mol. The van der Waals surface area contributed by atoms with Gasteiger partial charge in [0.2, 0.25) is 11.9 Å². The van der Waals surface area contributed by atoms with Gasteiger partial charge in [0.15, 0.2) is 40.6 Å². The summed E-state index contributed by atoms with van der Waals surface area (Å²) in [6.07, 6.45) is -0.255. The molecule has 9 N–H and O–H groups in total. The van der Waals surface area contributed by atoms with Gasteiger partial charge in [-0.1, -0.05) is 12.1 Å². The van der Waals surface area contributed by atoms with Crippen molar-refractivity contribution in [3.05, 3.63) is 29.3 Å². The number of aromatic hydroxyl groups is 1. The highest BCUT2D eigenvalue weighted by Gasteiger charge is 2.71. The van der Waals surface area contributed by atoms with E-state index in [-0.39, 0.29) is 36.1 Å². The molecule has 4 aliphatic rings. The molecule has 16 nitrogen and oxygen atoms in total. The van der Waals surface area contributed by atoms with Gasteiger partial charge in [-0.25, -0.2) is 0 Å². The number of nitrogens with zero attached hydrogens (tertiary/aromatic N) is 4. The van der Waals surface area contributed by atoms with Gasteiger partial charge >= 0.3 is 0 Å². The van der Waals surface area contributed by atoms with Crippen LogP contribution < -0.4 is 16.8 Å². The quantitative estimate of drug-likeness (QED) is 0.0997. The first-order chi connectivity index (χ1) is 21.0. The van der Waals surface area contributed by atoms with E-state index in [1.165, 1.54) is 44.1 Å². The van der Waals surface area contributed by atoms with E-state index in [2.05, 4.69) is 10.3 Å². The number of fused-ring (bicyclic) bond motifs is 3. The summed E-state index contributed by atoms with van der Waals surface area (Å²) in [4.78, 5) is 77.6. The van der Waals surface area contributed by atoms with Crippen molar-refractivity contribution in [2.24, 2.45) is 40.1 Å². The van der Waals surface area contributed by atoms with Gasteiger partial charge in [0.05, 0.1) is 29.8 Å². The number of guanidine groups is 2. The Hall–Kier alpha value is -4.25. The summed E-state index contributed by atoms with van der Waals surface area (Å²) in [6.45, 7) is 2.84. The number of rotatable bonds is 4. The summed E-state index contributed by atoms with van der Waals surface area (Å²) < 4.78 is 0. The first-order valence-corrected chi connectivity index (χ1v) is 14.6. The van der Waals surface area contributed by atoms with Gasteiger partial charge in [-0.15, -0.1) is 0 Å². The second-order valence-electron chi connectivity index (χ2n) is 12.5. The van der Waals surface area contributed by atoms with Crippen molar-refractivity contribution in [3.8, 4) is 5.75 Å². The second kappa shape index (κ2) is 11.3. The lowest BCUT2D eigenvalue weighted by molar-refractivity contribution is -0.188. The Labute approximate surface area is 258 Å². The number of phenols is 1. The molecule has 7 unspecified atom stereocenters. The zero-order valence-electron chi connectivity index (χ0n) is 25.2. The van der Waals surface area contributed by atoms with E-state index in [4.69, 9.17) is 16.9 Å². The normalized spacial score (nSPS) is 33.3. The molecule has 242 valence electrons. The number of carbonyl (C=O) groups is 5. The molecule has 1 heterocycles. The van der Waals surface area contributed by atoms with Crippen LogP contribution in [0.4, 0.5) is 0 Å². The van der Waals surface area contributed by atoms with E-state index in [1.54, 1.807) is 9.80 Å². The Morgan fingerprint density at radius 2 is 1.73 bits per heavy atom. The highest BCUT2D eigenvalue weighted by atomic mass is 16.3. The number of hydrogen-bond donors (Lipinski definition) is 7. The van der Waals surface area contributed by atoms with Gasteiger partial charge in [-0.3, -0.25) is 39.2 Å². The maximum absolute atomic E-state index is 14.1. The Balaban J connectivity index is 1.40. The van der Waals surface area contributed by atoms with E-state index in [9.17, 15) is 39.3 Å². The molecule has 1 aliphatic heterocycles. The van der Waals surface area contributed by atoms with Crippen molar-refractivity contribution in [2.45, 2.75) is 30.6 Å². The fraction of sp³-hybridized carbons (Fsp3) is 0.552. The van der Waals surface area contributed by atoms with Crippen LogP contribution in [-0.2, 0) is 24.8 Å². The van der Waals surface area contributed by atoms with Crippen molar-refractivity contribution >= 4 is 41.0 Å². The van der Waals surface area contributed by atoms with Crippen LogP contribution in [0.15, 0.2) is 23.2 Å². The van der Waals surface area contributed by atoms with Crippen LogP contribution in [0.5, 0.6) is 5.75 Å². The molecule has 7 atom stereocenters. The van der Waals surface area contributed by atoms with E-state index < -0.39 is 75.7 Å². The molecule has 1 saturated heterocycles. The number of aliphatic imine (C=N–C) groups is 1. The minimum atomic E-state index is -2.88. The number of hydrogen-bond acceptors (Lipinski definition) is 11. The molecule has 5 rings (SSSR count). The molecule has 0 spiro atoms. The van der Waals surface area contributed by atoms with E-state index in [0.717, 1.165) is 0 Å². The number of likely N-dealkylation sites (N-methyl/N-ethyl adjacent to an activating group) is 1. The molecule has 1 aromatic rings. The largest absolute Gasteiger partial charge is 0.507 e. The number of ketones is 4. The molecule has 45 heavy (non-hydrogen) atoms. The van der Waals surface area contributed by atoms with Crippen LogP contribution in [0.25, 0.3) is 0 Å². The Morgan fingerprint density at radius 3 is 2.33 bits per heavy atom. The maximum Gasteiger partial charge on any atom is 0.239 e. The molecule has 0 aromatic heterocycles. The third-order valence-electron chi connectivity index (χ3n) is 9.74. The van der Waals surface area contributed by atoms with E-state index in [1.807, 2.05) is 0 Å². The lowest BCUT2D eigenvalue weighted by Gasteiger charge is -2.55. The molecular formula is C29H38N8O8. The summed E-state index contributed by atoms with van der Waals surface area (Å²) >= 11 is 0. The number of benzene rings is 1. The monoisotopic (exact) mass is 626 g/mol. The van der Waals surface area contributed by atoms with Crippen LogP contribution in [0, 0.1) is 29.1 Å². The van der Waals surface area contributed by atoms with Gasteiger partial charge in [-0.05, 0) is 39.1 Å². The highest BCUT2D eigenvalue weighted by Crippen LogP contribution is 2.55. The summed E-state index contributed by atoms with van der Waals surface area (Å²) in [7, 11) is 3.03. The second-order valence-corrected chi connectivity index (χ2v) is 12.5. The van der Waals surface area contributed by atoms with Gasteiger partial charge in [0.25, 0.3) is 0 Å². The van der Waals surface area contributed by atoms with Crippen LogP contribution in [0.2, 0.25) is 0 Å². The lowest BCUT2D eigenvalue weighted by atomic mass is 9.49. The summed E-state index contributed by atoms with van der Waals surface area (Å²) in [5, 5.41) is 44.6. The van der Waals surface area contributed by atoms with Gasteiger partial charge in [-0.2, -0.15) is 4.99 Å². The molecule has 1 amide bonds. The number of nitrogens with one attached hydrogen (secondary N) is 2. The Morgan fingerprint density at radius 1 is 1.09 bits per heavy atom. The average Bonchev–Trinajstić information content (AvgIpc) is 2.96. The van der Waals surface area contributed by atoms with Crippen molar-refractivity contribution in [3.63, 3.8) is 0 Å². The third kappa shape index (κ3) is 4.97. The minimum Gasteiger partial charge on any atom is -0.507 e. The van der Waals surface area contributed by atoms with Gasteiger partial charge in [0, 0.05) is 38.0 Å². The summed E-state index contributed by atoms with van der Waals surface area (Å²) in [6, 6.07) is 2.88. The maximum atomic E-state index is 14.1.